The van der Waals surface area contributed by atoms with E-state index >= 15 is 0 Å². The van der Waals surface area contributed by atoms with Crippen molar-refractivity contribution < 1.29 is 4.74 Å². The zero-order valence-corrected chi connectivity index (χ0v) is 11.8. The van der Waals surface area contributed by atoms with Crippen LogP contribution in [0, 0.1) is 6.92 Å². The minimum absolute atomic E-state index is 0.503. The Morgan fingerprint density at radius 3 is 2.37 bits per heavy atom. The van der Waals surface area contributed by atoms with Crippen molar-refractivity contribution in [1.82, 2.24) is 5.32 Å². The van der Waals surface area contributed by atoms with Gasteiger partial charge >= 0.3 is 0 Å². The molecule has 0 spiro atoms. The van der Waals surface area contributed by atoms with E-state index in [1.807, 2.05) is 30.3 Å². The summed E-state index contributed by atoms with van der Waals surface area (Å²) in [6.07, 6.45) is 0. The van der Waals surface area contributed by atoms with Crippen molar-refractivity contribution in [2.45, 2.75) is 33.4 Å². The molecule has 0 amide bonds. The molecular formula is C17H21NO. The maximum atomic E-state index is 5.82. The molecule has 0 fully saturated rings. The Morgan fingerprint density at radius 2 is 1.74 bits per heavy atom. The van der Waals surface area contributed by atoms with Gasteiger partial charge in [0, 0.05) is 12.6 Å². The molecule has 0 aliphatic heterocycles. The van der Waals surface area contributed by atoms with Crippen LogP contribution in [0.3, 0.4) is 0 Å². The summed E-state index contributed by atoms with van der Waals surface area (Å²) in [5, 5.41) is 3.40. The molecule has 19 heavy (non-hydrogen) atoms. The lowest BCUT2D eigenvalue weighted by Crippen LogP contribution is -2.21. The average molecular weight is 255 g/mol. The standard InChI is InChI=1S/C17H21NO/c1-13(2)18-12-15-7-9-16(10-8-15)19-17-6-4-5-14(3)11-17/h4-11,13,18H,12H2,1-3H3. The second-order valence-corrected chi connectivity index (χ2v) is 5.10. The summed E-state index contributed by atoms with van der Waals surface area (Å²) in [6.45, 7) is 7.25. The summed E-state index contributed by atoms with van der Waals surface area (Å²) in [6, 6.07) is 16.8. The largest absolute Gasteiger partial charge is 0.457 e. The number of hydrogen-bond acceptors (Lipinski definition) is 2. The summed E-state index contributed by atoms with van der Waals surface area (Å²) in [7, 11) is 0. The van der Waals surface area contributed by atoms with Crippen LogP contribution < -0.4 is 10.1 Å². The quantitative estimate of drug-likeness (QED) is 0.860. The molecule has 0 heterocycles. The smallest absolute Gasteiger partial charge is 0.127 e. The first kappa shape index (κ1) is 13.6. The van der Waals surface area contributed by atoms with Gasteiger partial charge in [-0.3, -0.25) is 0 Å². The molecule has 2 rings (SSSR count). The molecule has 0 aliphatic rings. The Morgan fingerprint density at radius 1 is 1.00 bits per heavy atom. The van der Waals surface area contributed by atoms with Gasteiger partial charge in [-0.15, -0.1) is 0 Å². The van der Waals surface area contributed by atoms with Crippen LogP contribution in [0.15, 0.2) is 48.5 Å². The molecule has 0 saturated heterocycles. The van der Waals surface area contributed by atoms with Gasteiger partial charge in [0.1, 0.15) is 11.5 Å². The Labute approximate surface area is 115 Å². The molecule has 2 aromatic carbocycles. The molecule has 2 aromatic rings. The summed E-state index contributed by atoms with van der Waals surface area (Å²) in [5.74, 6) is 1.76. The van der Waals surface area contributed by atoms with Crippen molar-refractivity contribution in [2.24, 2.45) is 0 Å². The predicted molar refractivity (Wildman–Crippen MR) is 79.7 cm³/mol. The molecule has 0 saturated carbocycles. The second kappa shape index (κ2) is 6.39. The van der Waals surface area contributed by atoms with Gasteiger partial charge in [-0.2, -0.15) is 0 Å². The Kier molecular flexibility index (Phi) is 4.58. The van der Waals surface area contributed by atoms with Gasteiger partial charge in [0.15, 0.2) is 0 Å². The van der Waals surface area contributed by atoms with Gasteiger partial charge in [0.05, 0.1) is 0 Å². The first-order chi connectivity index (χ1) is 9.13. The van der Waals surface area contributed by atoms with E-state index in [-0.39, 0.29) is 0 Å². The maximum absolute atomic E-state index is 5.82. The number of nitrogens with one attached hydrogen (secondary N) is 1. The van der Waals surface area contributed by atoms with E-state index in [4.69, 9.17) is 4.74 Å². The van der Waals surface area contributed by atoms with Gasteiger partial charge in [-0.05, 0) is 42.3 Å². The topological polar surface area (TPSA) is 21.3 Å². The predicted octanol–water partition coefficient (Wildman–Crippen LogP) is 4.29. The van der Waals surface area contributed by atoms with E-state index in [0.717, 1.165) is 18.0 Å². The highest BCUT2D eigenvalue weighted by Gasteiger charge is 1.99. The van der Waals surface area contributed by atoms with Crippen molar-refractivity contribution in [3.05, 3.63) is 59.7 Å². The van der Waals surface area contributed by atoms with Crippen LogP contribution in [0.4, 0.5) is 0 Å². The molecule has 0 bridgehead atoms. The van der Waals surface area contributed by atoms with E-state index < -0.39 is 0 Å². The van der Waals surface area contributed by atoms with Crippen molar-refractivity contribution in [2.75, 3.05) is 0 Å². The van der Waals surface area contributed by atoms with Crippen molar-refractivity contribution in [3.8, 4) is 11.5 Å². The van der Waals surface area contributed by atoms with Crippen LogP contribution in [-0.2, 0) is 6.54 Å². The molecule has 2 heteroatoms. The third-order valence-electron chi connectivity index (χ3n) is 2.86. The maximum Gasteiger partial charge on any atom is 0.127 e. The number of ether oxygens (including phenoxy) is 1. The first-order valence-corrected chi connectivity index (χ1v) is 6.70. The van der Waals surface area contributed by atoms with Gasteiger partial charge in [0.25, 0.3) is 0 Å². The number of aryl methyl sites for hydroxylation is 1. The Hall–Kier alpha value is -1.80. The first-order valence-electron chi connectivity index (χ1n) is 6.70. The van der Waals surface area contributed by atoms with Gasteiger partial charge in [-0.25, -0.2) is 0 Å². The van der Waals surface area contributed by atoms with Crippen LogP contribution in [-0.4, -0.2) is 6.04 Å². The zero-order chi connectivity index (χ0) is 13.7. The van der Waals surface area contributed by atoms with Gasteiger partial charge < -0.3 is 10.1 Å². The highest BCUT2D eigenvalue weighted by Crippen LogP contribution is 2.22. The van der Waals surface area contributed by atoms with Crippen LogP contribution in [0.25, 0.3) is 0 Å². The van der Waals surface area contributed by atoms with Crippen molar-refractivity contribution >= 4 is 0 Å². The fourth-order valence-corrected chi connectivity index (χ4v) is 1.81. The van der Waals surface area contributed by atoms with E-state index in [1.165, 1.54) is 11.1 Å². The number of benzene rings is 2. The van der Waals surface area contributed by atoms with Crippen LogP contribution in [0.1, 0.15) is 25.0 Å². The molecule has 0 aliphatic carbocycles. The van der Waals surface area contributed by atoms with Crippen molar-refractivity contribution in [1.29, 1.82) is 0 Å². The van der Waals surface area contributed by atoms with Crippen molar-refractivity contribution in [3.63, 3.8) is 0 Å². The minimum atomic E-state index is 0.503. The normalized spacial score (nSPS) is 10.7. The monoisotopic (exact) mass is 255 g/mol. The van der Waals surface area contributed by atoms with Crippen LogP contribution in [0.2, 0.25) is 0 Å². The van der Waals surface area contributed by atoms with E-state index in [2.05, 4.69) is 44.3 Å². The molecule has 0 aromatic heterocycles. The van der Waals surface area contributed by atoms with Crippen LogP contribution >= 0.6 is 0 Å². The molecular weight excluding hydrogens is 234 g/mol. The summed E-state index contributed by atoms with van der Waals surface area (Å²) in [4.78, 5) is 0. The summed E-state index contributed by atoms with van der Waals surface area (Å²) < 4.78 is 5.82. The summed E-state index contributed by atoms with van der Waals surface area (Å²) >= 11 is 0. The zero-order valence-electron chi connectivity index (χ0n) is 11.8. The fraction of sp³-hybridized carbons (Fsp3) is 0.294. The van der Waals surface area contributed by atoms with Gasteiger partial charge in [0.2, 0.25) is 0 Å². The molecule has 100 valence electrons. The Bertz CT molecular complexity index is 517. The average Bonchev–Trinajstić information content (AvgIpc) is 2.38. The van der Waals surface area contributed by atoms with E-state index in [1.54, 1.807) is 0 Å². The Balaban J connectivity index is 1.98. The van der Waals surface area contributed by atoms with E-state index in [0.29, 0.717) is 6.04 Å². The highest BCUT2D eigenvalue weighted by atomic mass is 16.5. The SMILES string of the molecule is Cc1cccc(Oc2ccc(CNC(C)C)cc2)c1. The third-order valence-corrected chi connectivity index (χ3v) is 2.86. The summed E-state index contributed by atoms with van der Waals surface area (Å²) in [5.41, 5.74) is 2.47. The number of rotatable bonds is 5. The number of hydrogen-bond donors (Lipinski definition) is 1. The molecule has 0 radical (unpaired) electrons. The lowest BCUT2D eigenvalue weighted by molar-refractivity contribution is 0.482. The minimum Gasteiger partial charge on any atom is -0.457 e. The molecule has 1 N–H and O–H groups in total. The van der Waals surface area contributed by atoms with Gasteiger partial charge in [-0.1, -0.05) is 38.1 Å². The van der Waals surface area contributed by atoms with E-state index in [9.17, 15) is 0 Å². The second-order valence-electron chi connectivity index (χ2n) is 5.10. The molecule has 0 atom stereocenters. The highest BCUT2D eigenvalue weighted by molar-refractivity contribution is 5.34. The third kappa shape index (κ3) is 4.42. The molecule has 2 nitrogen and oxygen atoms in total. The lowest BCUT2D eigenvalue weighted by atomic mass is 10.2. The lowest BCUT2D eigenvalue weighted by Gasteiger charge is -2.09. The van der Waals surface area contributed by atoms with Crippen LogP contribution in [0.5, 0.6) is 11.5 Å². The fourth-order valence-electron chi connectivity index (χ4n) is 1.81. The molecule has 0 unspecified atom stereocenters.